The maximum absolute atomic E-state index is 10.3. The van der Waals surface area contributed by atoms with Gasteiger partial charge in [-0.1, -0.05) is 34.6 Å². The molecular formula is C9H21NO. The van der Waals surface area contributed by atoms with E-state index in [0.717, 1.165) is 13.0 Å². The summed E-state index contributed by atoms with van der Waals surface area (Å²) >= 11 is 0. The van der Waals surface area contributed by atoms with Crippen LogP contribution < -0.4 is 5.32 Å². The average Bonchev–Trinajstić information content (AvgIpc) is 2.43. The molecule has 1 amide bonds. The number of rotatable bonds is 0. The monoisotopic (exact) mass is 159 g/mol. The predicted molar refractivity (Wildman–Crippen MR) is 49.5 cm³/mol. The van der Waals surface area contributed by atoms with Gasteiger partial charge >= 0.3 is 0 Å². The van der Waals surface area contributed by atoms with Gasteiger partial charge in [0.15, 0.2) is 0 Å². The van der Waals surface area contributed by atoms with Crippen molar-refractivity contribution < 1.29 is 4.79 Å². The molecule has 2 heteroatoms. The first kappa shape index (κ1) is 13.1. The Kier molecular flexibility index (Phi) is 11.3. The van der Waals surface area contributed by atoms with E-state index < -0.39 is 0 Å². The number of amides is 1. The van der Waals surface area contributed by atoms with Gasteiger partial charge in [0, 0.05) is 13.0 Å². The molecule has 0 spiro atoms. The molecular weight excluding hydrogens is 138 g/mol. The van der Waals surface area contributed by atoms with Crippen molar-refractivity contribution in [3.8, 4) is 0 Å². The number of hydrogen-bond acceptors (Lipinski definition) is 1. The highest BCUT2D eigenvalue weighted by Crippen LogP contribution is 2.05. The first-order valence-electron chi connectivity index (χ1n) is 4.56. The number of carbonyl (C=O) groups excluding carboxylic acids is 1. The van der Waals surface area contributed by atoms with Crippen LogP contribution in [0.3, 0.4) is 0 Å². The molecule has 1 rings (SSSR count). The summed E-state index contributed by atoms with van der Waals surface area (Å²) in [5.74, 6) is 0.764. The highest BCUT2D eigenvalue weighted by atomic mass is 16.1. The molecule has 1 N–H and O–H groups in total. The maximum atomic E-state index is 10.3. The summed E-state index contributed by atoms with van der Waals surface area (Å²) in [5, 5.41) is 2.73. The van der Waals surface area contributed by atoms with Gasteiger partial charge in [-0.25, -0.2) is 0 Å². The van der Waals surface area contributed by atoms with E-state index in [2.05, 4.69) is 12.2 Å². The third-order valence-electron chi connectivity index (χ3n) is 1.18. The van der Waals surface area contributed by atoms with Crippen molar-refractivity contribution in [2.75, 3.05) is 6.54 Å². The van der Waals surface area contributed by atoms with Gasteiger partial charge in [0.05, 0.1) is 0 Å². The zero-order chi connectivity index (χ0) is 9.28. The minimum atomic E-state index is 0.201. The van der Waals surface area contributed by atoms with Crippen molar-refractivity contribution in [1.29, 1.82) is 0 Å². The molecule has 1 saturated heterocycles. The Morgan fingerprint density at radius 2 is 1.73 bits per heavy atom. The van der Waals surface area contributed by atoms with Crippen molar-refractivity contribution in [3.63, 3.8) is 0 Å². The van der Waals surface area contributed by atoms with Crippen LogP contribution in [0.25, 0.3) is 0 Å². The van der Waals surface area contributed by atoms with Crippen molar-refractivity contribution in [2.24, 2.45) is 5.92 Å². The van der Waals surface area contributed by atoms with Gasteiger partial charge in [0.1, 0.15) is 0 Å². The molecule has 1 aliphatic heterocycles. The lowest BCUT2D eigenvalue weighted by molar-refractivity contribution is -0.119. The van der Waals surface area contributed by atoms with Crippen molar-refractivity contribution in [1.82, 2.24) is 5.32 Å². The van der Waals surface area contributed by atoms with E-state index in [-0.39, 0.29) is 5.91 Å². The van der Waals surface area contributed by atoms with Crippen LogP contribution in [-0.4, -0.2) is 12.5 Å². The number of carbonyl (C=O) groups is 1. The average molecular weight is 159 g/mol. The van der Waals surface area contributed by atoms with Gasteiger partial charge in [-0.15, -0.1) is 0 Å². The van der Waals surface area contributed by atoms with E-state index in [9.17, 15) is 4.79 Å². The molecule has 0 aromatic carbocycles. The van der Waals surface area contributed by atoms with Crippen LogP contribution in [0.4, 0.5) is 0 Å². The standard InChI is InChI=1S/C5H9NO.2C2H6/c1-4-2-5(7)6-3-4;2*1-2/h4H,2-3H2,1H3,(H,6,7);2*1-2H3. The molecule has 0 aromatic heterocycles. The smallest absolute Gasteiger partial charge is 0.220 e. The Hall–Kier alpha value is -0.530. The number of hydrogen-bond donors (Lipinski definition) is 1. The fraction of sp³-hybridized carbons (Fsp3) is 0.889. The predicted octanol–water partition coefficient (Wildman–Crippen LogP) is 2.19. The highest BCUT2D eigenvalue weighted by Gasteiger charge is 2.15. The second-order valence-electron chi connectivity index (χ2n) is 2.11. The zero-order valence-corrected chi connectivity index (χ0v) is 8.40. The molecule has 1 fully saturated rings. The Morgan fingerprint density at radius 1 is 1.27 bits per heavy atom. The molecule has 0 radical (unpaired) electrons. The van der Waals surface area contributed by atoms with Gasteiger partial charge in [0.25, 0.3) is 0 Å². The van der Waals surface area contributed by atoms with E-state index in [4.69, 9.17) is 0 Å². The minimum Gasteiger partial charge on any atom is -0.356 e. The lowest BCUT2D eigenvalue weighted by Crippen LogP contribution is -2.13. The lowest BCUT2D eigenvalue weighted by Gasteiger charge is -1.88. The maximum Gasteiger partial charge on any atom is 0.220 e. The van der Waals surface area contributed by atoms with Crippen molar-refractivity contribution in [2.45, 2.75) is 41.0 Å². The van der Waals surface area contributed by atoms with Gasteiger partial charge in [-0.2, -0.15) is 0 Å². The van der Waals surface area contributed by atoms with Crippen molar-refractivity contribution in [3.05, 3.63) is 0 Å². The van der Waals surface area contributed by atoms with Crippen LogP contribution in [0, 0.1) is 5.92 Å². The van der Waals surface area contributed by atoms with E-state index in [1.165, 1.54) is 0 Å². The Balaban J connectivity index is 0. The molecule has 0 aliphatic carbocycles. The largest absolute Gasteiger partial charge is 0.356 e. The second-order valence-corrected chi connectivity index (χ2v) is 2.11. The molecule has 0 saturated carbocycles. The van der Waals surface area contributed by atoms with E-state index in [1.807, 2.05) is 27.7 Å². The molecule has 1 atom stereocenters. The SMILES string of the molecule is CC.CC.CC1CNC(=O)C1. The van der Waals surface area contributed by atoms with Crippen LogP contribution in [0.5, 0.6) is 0 Å². The molecule has 68 valence electrons. The molecule has 11 heavy (non-hydrogen) atoms. The summed E-state index contributed by atoms with van der Waals surface area (Å²) in [7, 11) is 0. The van der Waals surface area contributed by atoms with E-state index in [1.54, 1.807) is 0 Å². The van der Waals surface area contributed by atoms with Gasteiger partial charge in [-0.3, -0.25) is 4.79 Å². The minimum absolute atomic E-state index is 0.201. The molecule has 1 aliphatic rings. The molecule has 0 bridgehead atoms. The first-order chi connectivity index (χ1) is 5.29. The number of nitrogens with one attached hydrogen (secondary N) is 1. The van der Waals surface area contributed by atoms with Gasteiger partial charge < -0.3 is 5.32 Å². The topological polar surface area (TPSA) is 29.1 Å². The fourth-order valence-electron chi connectivity index (χ4n) is 0.749. The molecule has 2 nitrogen and oxygen atoms in total. The summed E-state index contributed by atoms with van der Waals surface area (Å²) in [6, 6.07) is 0. The van der Waals surface area contributed by atoms with Gasteiger partial charge in [0.2, 0.25) is 5.91 Å². The molecule has 0 aromatic rings. The summed E-state index contributed by atoms with van der Waals surface area (Å²) in [6.07, 6.45) is 0.722. The molecule has 1 heterocycles. The third kappa shape index (κ3) is 7.37. The molecule has 1 unspecified atom stereocenters. The van der Waals surface area contributed by atoms with Crippen LogP contribution in [-0.2, 0) is 4.79 Å². The second kappa shape index (κ2) is 9.47. The van der Waals surface area contributed by atoms with Gasteiger partial charge in [-0.05, 0) is 5.92 Å². The quantitative estimate of drug-likeness (QED) is 0.577. The van der Waals surface area contributed by atoms with Crippen LogP contribution in [0.1, 0.15) is 41.0 Å². The highest BCUT2D eigenvalue weighted by molar-refractivity contribution is 5.78. The normalized spacial score (nSPS) is 20.5. The van der Waals surface area contributed by atoms with Crippen molar-refractivity contribution >= 4 is 5.91 Å². The Bertz CT molecular complexity index is 91.6. The van der Waals surface area contributed by atoms with Crippen LogP contribution in [0.2, 0.25) is 0 Å². The zero-order valence-electron chi connectivity index (χ0n) is 8.40. The fourth-order valence-corrected chi connectivity index (χ4v) is 0.749. The Labute approximate surface area is 70.4 Å². The van der Waals surface area contributed by atoms with Crippen LogP contribution >= 0.6 is 0 Å². The third-order valence-corrected chi connectivity index (χ3v) is 1.18. The lowest BCUT2D eigenvalue weighted by atomic mass is 10.2. The summed E-state index contributed by atoms with van der Waals surface area (Å²) in [5.41, 5.74) is 0. The Morgan fingerprint density at radius 3 is 1.82 bits per heavy atom. The first-order valence-corrected chi connectivity index (χ1v) is 4.56. The summed E-state index contributed by atoms with van der Waals surface area (Å²) < 4.78 is 0. The van der Waals surface area contributed by atoms with Crippen LogP contribution in [0.15, 0.2) is 0 Å². The van der Waals surface area contributed by atoms with E-state index >= 15 is 0 Å². The van der Waals surface area contributed by atoms with E-state index in [0.29, 0.717) is 5.92 Å². The summed E-state index contributed by atoms with van der Waals surface area (Å²) in [6.45, 7) is 10.9. The summed E-state index contributed by atoms with van der Waals surface area (Å²) in [4.78, 5) is 10.3.